The number of unbranched alkanes of at least 4 members (excludes halogenated alkanes) is 1. The van der Waals surface area contributed by atoms with Crippen LogP contribution in [-0.2, 0) is 4.79 Å². The molecule has 1 amide bonds. The summed E-state index contributed by atoms with van der Waals surface area (Å²) in [4.78, 5) is 10.6. The second-order valence-corrected chi connectivity index (χ2v) is 4.00. The molecule has 16 heavy (non-hydrogen) atoms. The Labute approximate surface area is 97.0 Å². The summed E-state index contributed by atoms with van der Waals surface area (Å²) in [6.07, 6.45) is 2.99. The molecule has 0 fully saturated rings. The van der Waals surface area contributed by atoms with Crippen molar-refractivity contribution in [2.45, 2.75) is 32.2 Å². The third-order valence-electron chi connectivity index (χ3n) is 2.54. The van der Waals surface area contributed by atoms with E-state index in [9.17, 15) is 4.79 Å². The molecule has 0 heterocycles. The summed E-state index contributed by atoms with van der Waals surface area (Å²) < 4.78 is 0. The van der Waals surface area contributed by atoms with E-state index in [1.807, 2.05) is 18.2 Å². The monoisotopic (exact) mass is 220 g/mol. The first-order chi connectivity index (χ1) is 7.70. The molecular weight excluding hydrogens is 200 g/mol. The van der Waals surface area contributed by atoms with Crippen LogP contribution in [0.4, 0.5) is 0 Å². The van der Waals surface area contributed by atoms with E-state index >= 15 is 0 Å². The van der Waals surface area contributed by atoms with E-state index in [0.29, 0.717) is 0 Å². The number of carbonyl (C=O) groups is 1. The first-order valence-electron chi connectivity index (χ1n) is 5.75. The van der Waals surface area contributed by atoms with E-state index in [2.05, 4.69) is 17.4 Å². The number of hydrogen-bond acceptors (Lipinski definition) is 2. The maximum atomic E-state index is 10.6. The van der Waals surface area contributed by atoms with E-state index in [1.54, 1.807) is 0 Å². The third kappa shape index (κ3) is 4.94. The zero-order chi connectivity index (χ0) is 11.8. The van der Waals surface area contributed by atoms with Crippen LogP contribution in [0.25, 0.3) is 0 Å². The van der Waals surface area contributed by atoms with Gasteiger partial charge in [-0.2, -0.15) is 0 Å². The maximum absolute atomic E-state index is 10.6. The number of hydrogen-bond donors (Lipinski definition) is 2. The van der Waals surface area contributed by atoms with Crippen LogP contribution in [0.2, 0.25) is 0 Å². The highest BCUT2D eigenvalue weighted by atomic mass is 16.1. The summed E-state index contributed by atoms with van der Waals surface area (Å²) in [5.41, 5.74) is 7.23. The molecule has 88 valence electrons. The van der Waals surface area contributed by atoms with Crippen LogP contribution in [0, 0.1) is 0 Å². The Morgan fingerprint density at radius 1 is 1.31 bits per heavy atom. The predicted molar refractivity (Wildman–Crippen MR) is 65.9 cm³/mol. The van der Waals surface area contributed by atoms with Crippen molar-refractivity contribution in [2.24, 2.45) is 5.73 Å². The Bertz CT molecular complexity index is 311. The summed E-state index contributed by atoms with van der Waals surface area (Å²) in [5.74, 6) is 0.0346. The molecule has 3 heteroatoms. The van der Waals surface area contributed by atoms with Crippen molar-refractivity contribution in [1.29, 1.82) is 0 Å². The van der Waals surface area contributed by atoms with Crippen molar-refractivity contribution in [3.8, 4) is 0 Å². The third-order valence-corrected chi connectivity index (χ3v) is 2.54. The first kappa shape index (κ1) is 12.7. The molecule has 0 spiro atoms. The molecule has 3 N–H and O–H groups in total. The van der Waals surface area contributed by atoms with E-state index in [0.717, 1.165) is 25.8 Å². The zero-order valence-corrected chi connectivity index (χ0v) is 9.78. The molecule has 1 aromatic carbocycles. The topological polar surface area (TPSA) is 55.1 Å². The molecule has 0 radical (unpaired) electrons. The molecule has 1 rings (SSSR count). The van der Waals surface area contributed by atoms with Crippen molar-refractivity contribution >= 4 is 5.91 Å². The van der Waals surface area contributed by atoms with Crippen LogP contribution in [-0.4, -0.2) is 12.5 Å². The fraction of sp³-hybridized carbons (Fsp3) is 0.462. The van der Waals surface area contributed by atoms with Gasteiger partial charge >= 0.3 is 0 Å². The first-order valence-corrected chi connectivity index (χ1v) is 5.75. The van der Waals surface area contributed by atoms with Crippen LogP contribution in [0.15, 0.2) is 30.3 Å². The van der Waals surface area contributed by atoms with Crippen LogP contribution >= 0.6 is 0 Å². The molecule has 0 aliphatic rings. The Morgan fingerprint density at radius 3 is 2.62 bits per heavy atom. The molecule has 3 nitrogen and oxygen atoms in total. The van der Waals surface area contributed by atoms with Crippen molar-refractivity contribution in [3.05, 3.63) is 35.9 Å². The molecule has 1 unspecified atom stereocenters. The highest BCUT2D eigenvalue weighted by Gasteiger charge is 2.04. The zero-order valence-electron chi connectivity index (χ0n) is 9.78. The normalized spacial score (nSPS) is 12.1. The van der Waals surface area contributed by atoms with E-state index < -0.39 is 0 Å². The van der Waals surface area contributed by atoms with Gasteiger partial charge in [0.15, 0.2) is 0 Å². The van der Waals surface area contributed by atoms with Gasteiger partial charge in [0.25, 0.3) is 0 Å². The van der Waals surface area contributed by atoms with Gasteiger partial charge in [0.1, 0.15) is 0 Å². The Hall–Kier alpha value is -1.35. The minimum atomic E-state index is 0.0346. The second-order valence-electron chi connectivity index (χ2n) is 4.00. The van der Waals surface area contributed by atoms with Crippen molar-refractivity contribution < 1.29 is 4.79 Å². The molecule has 0 aliphatic carbocycles. The van der Waals surface area contributed by atoms with E-state index in [-0.39, 0.29) is 11.9 Å². The second kappa shape index (κ2) is 7.01. The van der Waals surface area contributed by atoms with Crippen molar-refractivity contribution in [3.63, 3.8) is 0 Å². The number of nitrogens with one attached hydrogen (secondary N) is 1. The summed E-state index contributed by atoms with van der Waals surface area (Å²) in [5, 5.41) is 2.78. The van der Waals surface area contributed by atoms with Crippen molar-refractivity contribution in [2.75, 3.05) is 6.54 Å². The molecule has 0 aliphatic heterocycles. The molecule has 0 aromatic heterocycles. The summed E-state index contributed by atoms with van der Waals surface area (Å²) >= 11 is 0. The van der Waals surface area contributed by atoms with Crippen LogP contribution in [0.3, 0.4) is 0 Å². The maximum Gasteiger partial charge on any atom is 0.216 e. The van der Waals surface area contributed by atoms with Gasteiger partial charge in [-0.1, -0.05) is 30.3 Å². The van der Waals surface area contributed by atoms with Crippen LogP contribution in [0.1, 0.15) is 37.8 Å². The highest BCUT2D eigenvalue weighted by Crippen LogP contribution is 2.15. The van der Waals surface area contributed by atoms with Crippen LogP contribution in [0.5, 0.6) is 0 Å². The fourth-order valence-electron chi connectivity index (χ4n) is 1.62. The predicted octanol–water partition coefficient (Wildman–Crippen LogP) is 1.99. The quantitative estimate of drug-likeness (QED) is 0.720. The summed E-state index contributed by atoms with van der Waals surface area (Å²) in [6.45, 7) is 2.28. The standard InChI is InChI=1S/C13H20N2O/c1-11(16)15-10-6-5-9-13(14)12-7-3-2-4-8-12/h2-4,7-8,13H,5-6,9-10,14H2,1H3,(H,15,16). The number of rotatable bonds is 6. The molecular formula is C13H20N2O. The van der Waals surface area contributed by atoms with Gasteiger partial charge in [-0.25, -0.2) is 0 Å². The lowest BCUT2D eigenvalue weighted by atomic mass is 10.0. The Balaban J connectivity index is 2.16. The minimum Gasteiger partial charge on any atom is -0.356 e. The summed E-state index contributed by atoms with van der Waals surface area (Å²) in [7, 11) is 0. The van der Waals surface area contributed by atoms with Crippen molar-refractivity contribution in [1.82, 2.24) is 5.32 Å². The average Bonchev–Trinajstić information content (AvgIpc) is 2.29. The van der Waals surface area contributed by atoms with Gasteiger partial charge in [0, 0.05) is 19.5 Å². The van der Waals surface area contributed by atoms with Gasteiger partial charge in [0.05, 0.1) is 0 Å². The molecule has 1 aromatic rings. The molecule has 0 saturated heterocycles. The lowest BCUT2D eigenvalue weighted by Gasteiger charge is -2.11. The number of amides is 1. The molecule has 0 bridgehead atoms. The van der Waals surface area contributed by atoms with Gasteiger partial charge in [0.2, 0.25) is 5.91 Å². The fourth-order valence-corrected chi connectivity index (χ4v) is 1.62. The lowest BCUT2D eigenvalue weighted by molar-refractivity contribution is -0.118. The van der Waals surface area contributed by atoms with Gasteiger partial charge in [-0.15, -0.1) is 0 Å². The number of nitrogens with two attached hydrogens (primary N) is 1. The summed E-state index contributed by atoms with van der Waals surface area (Å²) in [6, 6.07) is 10.2. The smallest absolute Gasteiger partial charge is 0.216 e. The van der Waals surface area contributed by atoms with Gasteiger partial charge in [-0.3, -0.25) is 4.79 Å². The van der Waals surface area contributed by atoms with Crippen LogP contribution < -0.4 is 11.1 Å². The largest absolute Gasteiger partial charge is 0.356 e. The Morgan fingerprint density at radius 2 is 2.00 bits per heavy atom. The Kier molecular flexibility index (Phi) is 5.57. The minimum absolute atomic E-state index is 0.0346. The molecule has 0 saturated carbocycles. The van der Waals surface area contributed by atoms with E-state index in [1.165, 1.54) is 12.5 Å². The molecule has 1 atom stereocenters. The van der Waals surface area contributed by atoms with Gasteiger partial charge in [-0.05, 0) is 24.8 Å². The number of benzene rings is 1. The van der Waals surface area contributed by atoms with E-state index in [4.69, 9.17) is 5.73 Å². The SMILES string of the molecule is CC(=O)NCCCCC(N)c1ccccc1. The highest BCUT2D eigenvalue weighted by molar-refractivity contribution is 5.72. The number of carbonyl (C=O) groups excluding carboxylic acids is 1. The average molecular weight is 220 g/mol. The lowest BCUT2D eigenvalue weighted by Crippen LogP contribution is -2.21. The van der Waals surface area contributed by atoms with Gasteiger partial charge < -0.3 is 11.1 Å².